The fourth-order valence-electron chi connectivity index (χ4n) is 2.26. The van der Waals surface area contributed by atoms with E-state index in [2.05, 4.69) is 4.74 Å². The van der Waals surface area contributed by atoms with Crippen LogP contribution in [0.5, 0.6) is 0 Å². The van der Waals surface area contributed by atoms with Gasteiger partial charge in [-0.2, -0.15) is 4.31 Å². The number of nitrogens with two attached hydrogens (primary N) is 1. The monoisotopic (exact) mass is 334 g/mol. The lowest BCUT2D eigenvalue weighted by Gasteiger charge is -2.16. The van der Waals surface area contributed by atoms with Gasteiger partial charge in [-0.15, -0.1) is 12.4 Å². The summed E-state index contributed by atoms with van der Waals surface area (Å²) < 4.78 is 31.0. The van der Waals surface area contributed by atoms with Crippen LogP contribution in [0, 0.1) is 5.92 Å². The molecule has 21 heavy (non-hydrogen) atoms. The summed E-state index contributed by atoms with van der Waals surface area (Å²) in [6.07, 6.45) is 0.770. The van der Waals surface area contributed by atoms with Crippen LogP contribution in [0.2, 0.25) is 0 Å². The number of rotatable bonds is 4. The van der Waals surface area contributed by atoms with E-state index in [0.717, 1.165) is 6.42 Å². The van der Waals surface area contributed by atoms with Crippen molar-refractivity contribution in [2.24, 2.45) is 11.7 Å². The van der Waals surface area contributed by atoms with Gasteiger partial charge in [0, 0.05) is 13.1 Å². The number of ether oxygens (including phenoxy) is 1. The summed E-state index contributed by atoms with van der Waals surface area (Å²) in [5.41, 5.74) is 5.80. The Balaban J connectivity index is 0.00000220. The molecule has 6 nitrogen and oxygen atoms in total. The van der Waals surface area contributed by atoms with Crippen molar-refractivity contribution in [2.45, 2.75) is 11.3 Å². The molecule has 2 N–H and O–H groups in total. The summed E-state index contributed by atoms with van der Waals surface area (Å²) in [5.74, 6) is -0.350. The van der Waals surface area contributed by atoms with Crippen LogP contribution < -0.4 is 5.73 Å². The largest absolute Gasteiger partial charge is 0.465 e. The molecule has 0 spiro atoms. The highest BCUT2D eigenvalue weighted by Crippen LogP contribution is 2.24. The van der Waals surface area contributed by atoms with Crippen LogP contribution in [0.1, 0.15) is 16.8 Å². The lowest BCUT2D eigenvalue weighted by molar-refractivity contribution is 0.0600. The Morgan fingerprint density at radius 2 is 2.19 bits per heavy atom. The minimum Gasteiger partial charge on any atom is -0.465 e. The molecule has 118 valence electrons. The number of sulfonamides is 1. The van der Waals surface area contributed by atoms with Crippen molar-refractivity contribution in [3.05, 3.63) is 29.8 Å². The Kier molecular flexibility index (Phi) is 6.15. The molecule has 1 heterocycles. The van der Waals surface area contributed by atoms with Crippen LogP contribution in [0.25, 0.3) is 0 Å². The zero-order valence-corrected chi connectivity index (χ0v) is 13.3. The van der Waals surface area contributed by atoms with Crippen molar-refractivity contribution in [3.8, 4) is 0 Å². The van der Waals surface area contributed by atoms with Crippen molar-refractivity contribution in [1.82, 2.24) is 4.31 Å². The summed E-state index contributed by atoms with van der Waals surface area (Å²) in [6, 6.07) is 5.89. The smallest absolute Gasteiger partial charge is 0.337 e. The Hall–Kier alpha value is -1.15. The van der Waals surface area contributed by atoms with Crippen molar-refractivity contribution in [2.75, 3.05) is 26.7 Å². The highest BCUT2D eigenvalue weighted by Gasteiger charge is 2.32. The summed E-state index contributed by atoms with van der Waals surface area (Å²) in [6.45, 7) is 1.38. The number of carbonyl (C=O) groups excluding carboxylic acids is 1. The van der Waals surface area contributed by atoms with E-state index in [1.54, 1.807) is 0 Å². The number of esters is 1. The van der Waals surface area contributed by atoms with Gasteiger partial charge in [0.15, 0.2) is 0 Å². The van der Waals surface area contributed by atoms with Gasteiger partial charge in [-0.3, -0.25) is 0 Å². The first-order valence-corrected chi connectivity index (χ1v) is 7.81. The standard InChI is InChI=1S/C13H18N2O4S.ClH/c1-19-13(16)11-3-2-4-12(7-11)20(17,18)15-6-5-10(8-14)9-15;/h2-4,7,10H,5-6,8-9,14H2,1H3;1H. The SMILES string of the molecule is COC(=O)c1cccc(S(=O)(=O)N2CCC(CN)C2)c1.Cl. The maximum Gasteiger partial charge on any atom is 0.337 e. The van der Waals surface area contributed by atoms with E-state index in [0.29, 0.717) is 19.6 Å². The van der Waals surface area contributed by atoms with E-state index in [1.807, 2.05) is 0 Å². The molecule has 2 rings (SSSR count). The third kappa shape index (κ3) is 3.74. The first-order chi connectivity index (χ1) is 9.48. The molecular weight excluding hydrogens is 316 g/mol. The maximum atomic E-state index is 12.5. The normalized spacial score (nSPS) is 19.0. The summed E-state index contributed by atoms with van der Waals surface area (Å²) in [4.78, 5) is 11.6. The van der Waals surface area contributed by atoms with Crippen molar-refractivity contribution in [3.63, 3.8) is 0 Å². The van der Waals surface area contributed by atoms with E-state index < -0.39 is 16.0 Å². The quantitative estimate of drug-likeness (QED) is 0.825. The van der Waals surface area contributed by atoms with Gasteiger partial charge in [-0.25, -0.2) is 13.2 Å². The number of halogens is 1. The van der Waals surface area contributed by atoms with Gasteiger partial charge in [0.05, 0.1) is 17.6 Å². The third-order valence-electron chi connectivity index (χ3n) is 3.47. The fraction of sp³-hybridized carbons (Fsp3) is 0.462. The molecule has 0 radical (unpaired) electrons. The van der Waals surface area contributed by atoms with Crippen LogP contribution in [0.3, 0.4) is 0 Å². The van der Waals surface area contributed by atoms with Crippen molar-refractivity contribution < 1.29 is 17.9 Å². The van der Waals surface area contributed by atoms with Crippen LogP contribution in [0.15, 0.2) is 29.2 Å². The minimum atomic E-state index is -3.58. The molecule has 0 aliphatic carbocycles. The lowest BCUT2D eigenvalue weighted by Crippen LogP contribution is -2.30. The average Bonchev–Trinajstić information content (AvgIpc) is 2.96. The average molecular weight is 335 g/mol. The fourth-order valence-corrected chi connectivity index (χ4v) is 3.84. The van der Waals surface area contributed by atoms with Gasteiger partial charge in [-0.1, -0.05) is 6.07 Å². The molecule has 0 saturated carbocycles. The summed E-state index contributed by atoms with van der Waals surface area (Å²) in [5, 5.41) is 0. The van der Waals surface area contributed by atoms with Crippen molar-refractivity contribution in [1.29, 1.82) is 0 Å². The molecule has 1 aromatic rings. The Morgan fingerprint density at radius 3 is 2.76 bits per heavy atom. The van der Waals surface area contributed by atoms with Crippen molar-refractivity contribution >= 4 is 28.4 Å². The van der Waals surface area contributed by atoms with Crippen LogP contribution in [-0.4, -0.2) is 45.4 Å². The van der Waals surface area contributed by atoms with Gasteiger partial charge >= 0.3 is 5.97 Å². The van der Waals surface area contributed by atoms with Gasteiger partial charge in [0.25, 0.3) is 0 Å². The Morgan fingerprint density at radius 1 is 1.48 bits per heavy atom. The maximum absolute atomic E-state index is 12.5. The number of carbonyl (C=O) groups is 1. The van der Waals surface area contributed by atoms with E-state index in [9.17, 15) is 13.2 Å². The van der Waals surface area contributed by atoms with Gasteiger partial charge in [0.2, 0.25) is 10.0 Å². The predicted octanol–water partition coefficient (Wildman–Crippen LogP) is 0.864. The number of methoxy groups -OCH3 is 1. The van der Waals surface area contributed by atoms with Crippen LogP contribution in [0.4, 0.5) is 0 Å². The molecule has 0 aromatic heterocycles. The molecule has 1 aliphatic rings. The Labute approximate surface area is 130 Å². The lowest BCUT2D eigenvalue weighted by atomic mass is 10.1. The van der Waals surface area contributed by atoms with E-state index in [4.69, 9.17) is 5.73 Å². The molecular formula is C13H19ClN2O4S. The second-order valence-corrected chi connectivity index (χ2v) is 6.71. The topological polar surface area (TPSA) is 89.7 Å². The van der Waals surface area contributed by atoms with E-state index in [1.165, 1.54) is 35.7 Å². The number of hydrogen-bond acceptors (Lipinski definition) is 5. The van der Waals surface area contributed by atoms with E-state index in [-0.39, 0.29) is 28.8 Å². The Bertz CT molecular complexity index is 606. The zero-order chi connectivity index (χ0) is 14.8. The van der Waals surface area contributed by atoms with Crippen LogP contribution >= 0.6 is 12.4 Å². The summed E-state index contributed by atoms with van der Waals surface area (Å²) in [7, 11) is -2.32. The second kappa shape index (κ2) is 7.22. The number of nitrogens with zero attached hydrogens (tertiary/aromatic N) is 1. The third-order valence-corrected chi connectivity index (χ3v) is 5.34. The molecule has 1 unspecified atom stereocenters. The molecule has 8 heteroatoms. The van der Waals surface area contributed by atoms with Gasteiger partial charge in [0.1, 0.15) is 0 Å². The highest BCUT2D eigenvalue weighted by molar-refractivity contribution is 7.89. The van der Waals surface area contributed by atoms with Crippen LogP contribution in [-0.2, 0) is 14.8 Å². The molecule has 1 saturated heterocycles. The van der Waals surface area contributed by atoms with E-state index >= 15 is 0 Å². The predicted molar refractivity (Wildman–Crippen MR) is 80.9 cm³/mol. The molecule has 0 bridgehead atoms. The number of hydrogen-bond donors (Lipinski definition) is 1. The van der Waals surface area contributed by atoms with Gasteiger partial charge < -0.3 is 10.5 Å². The molecule has 0 amide bonds. The first-order valence-electron chi connectivity index (χ1n) is 6.37. The molecule has 1 aromatic carbocycles. The summed E-state index contributed by atoms with van der Waals surface area (Å²) >= 11 is 0. The zero-order valence-electron chi connectivity index (χ0n) is 11.7. The first kappa shape index (κ1) is 17.9. The minimum absolute atomic E-state index is 0. The molecule has 1 fully saturated rings. The number of benzene rings is 1. The molecule has 1 atom stereocenters. The van der Waals surface area contributed by atoms with Gasteiger partial charge in [-0.05, 0) is 37.1 Å². The highest BCUT2D eigenvalue weighted by atomic mass is 35.5. The second-order valence-electron chi connectivity index (χ2n) is 4.77. The molecule has 1 aliphatic heterocycles.